The van der Waals surface area contributed by atoms with Gasteiger partial charge in [0, 0.05) is 19.3 Å². The summed E-state index contributed by atoms with van der Waals surface area (Å²) < 4.78 is 2.83. The number of aromatic nitrogens is 3. The first kappa shape index (κ1) is 14.0. The third kappa shape index (κ3) is 3.02. The number of nitrogens with one attached hydrogen (secondary N) is 1. The minimum Gasteiger partial charge on any atom is -0.393 e. The molecule has 0 amide bonds. The van der Waals surface area contributed by atoms with Gasteiger partial charge >= 0.3 is 0 Å². The molecule has 0 radical (unpaired) electrons. The van der Waals surface area contributed by atoms with Crippen LogP contribution in [0.5, 0.6) is 0 Å². The molecule has 2 atom stereocenters. The summed E-state index contributed by atoms with van der Waals surface area (Å²) in [6.45, 7) is 1.61. The maximum atomic E-state index is 9.96. The molecule has 0 bridgehead atoms. The zero-order valence-electron chi connectivity index (χ0n) is 11.3. The van der Waals surface area contributed by atoms with Gasteiger partial charge < -0.3 is 10.4 Å². The SMILES string of the molecule is OC1CCCCC1CNCc1cnc2cnc(Br)cn12. The molecule has 1 saturated carbocycles. The zero-order valence-corrected chi connectivity index (χ0v) is 12.9. The number of rotatable bonds is 4. The summed E-state index contributed by atoms with van der Waals surface area (Å²) in [7, 11) is 0. The molecule has 0 aliphatic heterocycles. The third-order valence-corrected chi connectivity index (χ3v) is 4.43. The van der Waals surface area contributed by atoms with Crippen molar-refractivity contribution in [1.29, 1.82) is 0 Å². The molecule has 0 aromatic carbocycles. The Balaban J connectivity index is 1.61. The molecule has 1 aliphatic carbocycles. The minimum absolute atomic E-state index is 0.142. The van der Waals surface area contributed by atoms with Gasteiger partial charge in [-0.25, -0.2) is 9.97 Å². The highest BCUT2D eigenvalue weighted by Gasteiger charge is 2.22. The highest BCUT2D eigenvalue weighted by Crippen LogP contribution is 2.23. The van der Waals surface area contributed by atoms with E-state index >= 15 is 0 Å². The quantitative estimate of drug-likeness (QED) is 0.896. The molecule has 2 aromatic heterocycles. The fraction of sp³-hybridized carbons (Fsp3) is 0.571. The average molecular weight is 339 g/mol. The van der Waals surface area contributed by atoms with Gasteiger partial charge in [-0.3, -0.25) is 4.40 Å². The molecule has 108 valence electrons. The second-order valence-electron chi connectivity index (χ2n) is 5.43. The van der Waals surface area contributed by atoms with E-state index in [0.29, 0.717) is 5.92 Å². The molecular formula is C14H19BrN4O. The molecule has 1 aliphatic rings. The van der Waals surface area contributed by atoms with Crippen molar-refractivity contribution in [1.82, 2.24) is 19.7 Å². The predicted molar refractivity (Wildman–Crippen MR) is 80.4 cm³/mol. The molecule has 2 unspecified atom stereocenters. The lowest BCUT2D eigenvalue weighted by atomic mass is 9.86. The number of imidazole rings is 1. The topological polar surface area (TPSA) is 62.5 Å². The molecule has 0 saturated heterocycles. The van der Waals surface area contributed by atoms with Crippen molar-refractivity contribution in [3.05, 3.63) is 28.9 Å². The average Bonchev–Trinajstić information content (AvgIpc) is 2.83. The molecule has 6 heteroatoms. The van der Waals surface area contributed by atoms with Crippen molar-refractivity contribution in [2.24, 2.45) is 5.92 Å². The Morgan fingerprint density at radius 3 is 3.00 bits per heavy atom. The van der Waals surface area contributed by atoms with Gasteiger partial charge in [-0.15, -0.1) is 0 Å². The van der Waals surface area contributed by atoms with Crippen LogP contribution in [0.15, 0.2) is 23.2 Å². The van der Waals surface area contributed by atoms with E-state index < -0.39 is 0 Å². The first-order chi connectivity index (χ1) is 9.74. The number of hydrogen-bond donors (Lipinski definition) is 2. The minimum atomic E-state index is -0.142. The molecule has 20 heavy (non-hydrogen) atoms. The van der Waals surface area contributed by atoms with E-state index in [1.165, 1.54) is 6.42 Å². The Hall–Kier alpha value is -0.980. The number of nitrogens with zero attached hydrogens (tertiary/aromatic N) is 3. The lowest BCUT2D eigenvalue weighted by molar-refractivity contribution is 0.0694. The molecule has 2 N–H and O–H groups in total. The first-order valence-corrected chi connectivity index (χ1v) is 7.89. The molecule has 1 fully saturated rings. The Bertz CT molecular complexity index is 586. The molecular weight excluding hydrogens is 320 g/mol. The van der Waals surface area contributed by atoms with E-state index in [0.717, 1.165) is 48.3 Å². The van der Waals surface area contributed by atoms with Gasteiger partial charge in [0.2, 0.25) is 0 Å². The van der Waals surface area contributed by atoms with Crippen molar-refractivity contribution in [3.8, 4) is 0 Å². The van der Waals surface area contributed by atoms with E-state index in [2.05, 4.69) is 31.2 Å². The normalized spacial score (nSPS) is 23.3. The number of aliphatic hydroxyl groups is 1. The second-order valence-corrected chi connectivity index (χ2v) is 6.24. The van der Waals surface area contributed by atoms with Crippen LogP contribution in [0.3, 0.4) is 0 Å². The van der Waals surface area contributed by atoms with Crippen LogP contribution >= 0.6 is 15.9 Å². The van der Waals surface area contributed by atoms with Gasteiger partial charge in [-0.1, -0.05) is 12.8 Å². The van der Waals surface area contributed by atoms with Gasteiger partial charge in [0.05, 0.1) is 24.2 Å². The van der Waals surface area contributed by atoms with Crippen LogP contribution in [0.2, 0.25) is 0 Å². The van der Waals surface area contributed by atoms with Crippen molar-refractivity contribution >= 4 is 21.6 Å². The van der Waals surface area contributed by atoms with Crippen molar-refractivity contribution in [2.45, 2.75) is 38.3 Å². The Morgan fingerprint density at radius 2 is 2.15 bits per heavy atom. The Labute approximate surface area is 126 Å². The summed E-state index contributed by atoms with van der Waals surface area (Å²) in [6.07, 6.45) is 9.86. The zero-order chi connectivity index (χ0) is 13.9. The second kappa shape index (κ2) is 6.20. The molecule has 3 rings (SSSR count). The van der Waals surface area contributed by atoms with Crippen LogP contribution in [0.1, 0.15) is 31.4 Å². The molecule has 2 heterocycles. The van der Waals surface area contributed by atoms with Crippen molar-refractivity contribution in [2.75, 3.05) is 6.54 Å². The summed E-state index contributed by atoms with van der Waals surface area (Å²) in [5, 5.41) is 13.4. The van der Waals surface area contributed by atoms with Gasteiger partial charge in [-0.2, -0.15) is 0 Å². The summed E-state index contributed by atoms with van der Waals surface area (Å²) >= 11 is 3.38. The van der Waals surface area contributed by atoms with E-state index in [-0.39, 0.29) is 6.10 Å². The van der Waals surface area contributed by atoms with Crippen LogP contribution in [-0.4, -0.2) is 32.1 Å². The maximum absolute atomic E-state index is 9.96. The number of halogens is 1. The van der Waals surface area contributed by atoms with E-state index in [9.17, 15) is 5.11 Å². The third-order valence-electron chi connectivity index (χ3n) is 4.02. The van der Waals surface area contributed by atoms with Crippen LogP contribution in [-0.2, 0) is 6.54 Å². The predicted octanol–water partition coefficient (Wildman–Crippen LogP) is 2.13. The largest absolute Gasteiger partial charge is 0.393 e. The van der Waals surface area contributed by atoms with Gasteiger partial charge in [0.25, 0.3) is 0 Å². The fourth-order valence-corrected chi connectivity index (χ4v) is 3.17. The highest BCUT2D eigenvalue weighted by atomic mass is 79.9. The number of aliphatic hydroxyl groups excluding tert-OH is 1. The van der Waals surface area contributed by atoms with Gasteiger partial charge in [0.1, 0.15) is 4.60 Å². The summed E-state index contributed by atoms with van der Waals surface area (Å²) in [4.78, 5) is 8.49. The monoisotopic (exact) mass is 338 g/mol. The van der Waals surface area contributed by atoms with E-state index in [1.807, 2.05) is 16.8 Å². The Morgan fingerprint density at radius 1 is 1.30 bits per heavy atom. The van der Waals surface area contributed by atoms with Crippen LogP contribution in [0.4, 0.5) is 0 Å². The van der Waals surface area contributed by atoms with E-state index in [4.69, 9.17) is 0 Å². The van der Waals surface area contributed by atoms with Crippen LogP contribution in [0.25, 0.3) is 5.65 Å². The van der Waals surface area contributed by atoms with E-state index in [1.54, 1.807) is 6.20 Å². The number of fused-ring (bicyclic) bond motifs is 1. The molecule has 0 spiro atoms. The highest BCUT2D eigenvalue weighted by molar-refractivity contribution is 9.10. The fourth-order valence-electron chi connectivity index (χ4n) is 2.86. The first-order valence-electron chi connectivity index (χ1n) is 7.10. The standard InChI is InChI=1S/C14H19BrN4O/c15-13-9-19-11(7-18-14(19)8-17-13)6-16-5-10-3-1-2-4-12(10)20/h7-10,12,16,20H,1-6H2. The maximum Gasteiger partial charge on any atom is 0.155 e. The lowest BCUT2D eigenvalue weighted by Gasteiger charge is -2.27. The van der Waals surface area contributed by atoms with Crippen molar-refractivity contribution in [3.63, 3.8) is 0 Å². The summed E-state index contributed by atoms with van der Waals surface area (Å²) in [6, 6.07) is 0. The molecule has 2 aromatic rings. The van der Waals surface area contributed by atoms with Gasteiger partial charge in [0.15, 0.2) is 5.65 Å². The Kier molecular flexibility index (Phi) is 4.33. The lowest BCUT2D eigenvalue weighted by Crippen LogP contribution is -2.33. The smallest absolute Gasteiger partial charge is 0.155 e. The van der Waals surface area contributed by atoms with Crippen molar-refractivity contribution < 1.29 is 5.11 Å². The summed E-state index contributed by atoms with van der Waals surface area (Å²) in [5.41, 5.74) is 1.95. The van der Waals surface area contributed by atoms with Crippen LogP contribution in [0, 0.1) is 5.92 Å². The summed E-state index contributed by atoms with van der Waals surface area (Å²) in [5.74, 6) is 0.385. The van der Waals surface area contributed by atoms with Gasteiger partial charge in [-0.05, 0) is 34.7 Å². The van der Waals surface area contributed by atoms with Crippen LogP contribution < -0.4 is 5.32 Å². The molecule has 5 nitrogen and oxygen atoms in total. The number of hydrogen-bond acceptors (Lipinski definition) is 4.